The molecule has 2 aliphatic heterocycles. The maximum Gasteiger partial charge on any atom is 0.161 e. The maximum atomic E-state index is 5.79. The normalized spacial score (nSPS) is 15.9. The van der Waals surface area contributed by atoms with Crippen molar-refractivity contribution < 1.29 is 9.47 Å². The number of benzene rings is 2. The van der Waals surface area contributed by atoms with E-state index in [1.54, 1.807) is 0 Å². The highest BCUT2D eigenvalue weighted by atomic mass is 16.6. The molecule has 0 amide bonds. The highest BCUT2D eigenvalue weighted by Crippen LogP contribution is 2.31. The highest BCUT2D eigenvalue weighted by Gasteiger charge is 2.20. The summed E-state index contributed by atoms with van der Waals surface area (Å²) in [5.41, 5.74) is 11.1. The largest absolute Gasteiger partial charge is 0.486 e. The molecule has 3 heterocycles. The van der Waals surface area contributed by atoms with E-state index in [1.165, 1.54) is 11.1 Å². The SMILES string of the molecule is Nc1ccc(-c2ncc3c(n2)CN(Cc2ccc4c(c2)OCCO4)CC3)cc1. The van der Waals surface area contributed by atoms with Crippen molar-refractivity contribution >= 4 is 5.69 Å². The second-order valence-electron chi connectivity index (χ2n) is 7.23. The minimum atomic E-state index is 0.609. The summed E-state index contributed by atoms with van der Waals surface area (Å²) in [6.07, 6.45) is 2.93. The third-order valence-electron chi connectivity index (χ3n) is 5.21. The number of aromatic nitrogens is 2. The van der Waals surface area contributed by atoms with Gasteiger partial charge in [0.15, 0.2) is 17.3 Å². The minimum absolute atomic E-state index is 0.609. The van der Waals surface area contributed by atoms with Gasteiger partial charge in [-0.15, -0.1) is 0 Å². The number of nitrogens with zero attached hydrogens (tertiary/aromatic N) is 3. The molecule has 0 radical (unpaired) electrons. The van der Waals surface area contributed by atoms with Gasteiger partial charge in [0.1, 0.15) is 13.2 Å². The lowest BCUT2D eigenvalue weighted by atomic mass is 10.1. The van der Waals surface area contributed by atoms with Crippen LogP contribution < -0.4 is 15.2 Å². The lowest BCUT2D eigenvalue weighted by Gasteiger charge is -2.28. The summed E-state index contributed by atoms with van der Waals surface area (Å²) in [4.78, 5) is 11.8. The molecule has 6 heteroatoms. The summed E-state index contributed by atoms with van der Waals surface area (Å²) >= 11 is 0. The zero-order valence-electron chi connectivity index (χ0n) is 15.6. The van der Waals surface area contributed by atoms with Crippen LogP contribution in [-0.2, 0) is 19.5 Å². The van der Waals surface area contributed by atoms with E-state index in [1.807, 2.05) is 36.5 Å². The van der Waals surface area contributed by atoms with Gasteiger partial charge in [-0.25, -0.2) is 9.97 Å². The summed E-state index contributed by atoms with van der Waals surface area (Å²) in [7, 11) is 0. The molecular weight excluding hydrogens is 352 g/mol. The van der Waals surface area contributed by atoms with Crippen molar-refractivity contribution in [2.75, 3.05) is 25.5 Å². The van der Waals surface area contributed by atoms with Crippen LogP contribution in [0.15, 0.2) is 48.7 Å². The zero-order chi connectivity index (χ0) is 18.9. The van der Waals surface area contributed by atoms with Crippen molar-refractivity contribution in [1.29, 1.82) is 0 Å². The Hall–Kier alpha value is -3.12. The molecule has 2 N–H and O–H groups in total. The molecule has 142 valence electrons. The molecule has 0 spiro atoms. The predicted octanol–water partition coefficient (Wildman–Crippen LogP) is 3.06. The minimum Gasteiger partial charge on any atom is -0.486 e. The predicted molar refractivity (Wildman–Crippen MR) is 107 cm³/mol. The Morgan fingerprint density at radius 3 is 2.68 bits per heavy atom. The first-order valence-electron chi connectivity index (χ1n) is 9.56. The Kier molecular flexibility index (Phi) is 4.33. The fourth-order valence-corrected chi connectivity index (χ4v) is 3.71. The standard InChI is InChI=1S/C22H22N4O2/c23-18-4-2-16(3-5-18)22-24-12-17-7-8-26(14-19(17)25-22)13-15-1-6-20-21(11-15)28-10-9-27-20/h1-6,11-12H,7-10,13-14,23H2. The van der Waals surface area contributed by atoms with Crippen LogP contribution in [0.1, 0.15) is 16.8 Å². The van der Waals surface area contributed by atoms with Crippen LogP contribution in [0.4, 0.5) is 5.69 Å². The van der Waals surface area contributed by atoms with Crippen LogP contribution >= 0.6 is 0 Å². The summed E-state index contributed by atoms with van der Waals surface area (Å²) in [5.74, 6) is 2.42. The number of rotatable bonds is 3. The average Bonchev–Trinajstić information content (AvgIpc) is 2.74. The number of ether oxygens (including phenoxy) is 2. The van der Waals surface area contributed by atoms with E-state index >= 15 is 0 Å². The van der Waals surface area contributed by atoms with Crippen molar-refractivity contribution in [2.45, 2.75) is 19.5 Å². The van der Waals surface area contributed by atoms with Crippen LogP contribution in [0.3, 0.4) is 0 Å². The third-order valence-corrected chi connectivity index (χ3v) is 5.21. The van der Waals surface area contributed by atoms with Gasteiger partial charge >= 0.3 is 0 Å². The van der Waals surface area contributed by atoms with Gasteiger partial charge in [0, 0.05) is 37.1 Å². The first-order chi connectivity index (χ1) is 13.7. The molecule has 0 fully saturated rings. The van der Waals surface area contributed by atoms with Gasteiger partial charge in [-0.3, -0.25) is 4.90 Å². The quantitative estimate of drug-likeness (QED) is 0.711. The number of hydrogen-bond donors (Lipinski definition) is 1. The Balaban J connectivity index is 1.34. The summed E-state index contributed by atoms with van der Waals surface area (Å²) < 4.78 is 11.3. The van der Waals surface area contributed by atoms with Gasteiger partial charge < -0.3 is 15.2 Å². The van der Waals surface area contributed by atoms with Crippen LogP contribution in [0.25, 0.3) is 11.4 Å². The van der Waals surface area contributed by atoms with Crippen LogP contribution in [0, 0.1) is 0 Å². The van der Waals surface area contributed by atoms with Gasteiger partial charge in [0.05, 0.1) is 5.69 Å². The molecule has 0 saturated carbocycles. The van der Waals surface area contributed by atoms with E-state index in [-0.39, 0.29) is 0 Å². The first kappa shape index (κ1) is 17.0. The second kappa shape index (κ2) is 7.13. The monoisotopic (exact) mass is 374 g/mol. The van der Waals surface area contributed by atoms with Crippen LogP contribution in [-0.4, -0.2) is 34.6 Å². The summed E-state index contributed by atoms with van der Waals surface area (Å²) in [6, 6.07) is 13.9. The number of fused-ring (bicyclic) bond motifs is 2. The number of nitrogens with two attached hydrogens (primary N) is 1. The van der Waals surface area contributed by atoms with Crippen LogP contribution in [0.5, 0.6) is 11.5 Å². The summed E-state index contributed by atoms with van der Waals surface area (Å²) in [5, 5.41) is 0. The Bertz CT molecular complexity index is 1000. The summed E-state index contributed by atoms with van der Waals surface area (Å²) in [6.45, 7) is 3.89. The first-order valence-corrected chi connectivity index (χ1v) is 9.56. The van der Waals surface area contributed by atoms with Crippen molar-refractivity contribution in [1.82, 2.24) is 14.9 Å². The molecule has 3 aromatic rings. The Labute approximate surface area is 163 Å². The topological polar surface area (TPSA) is 73.5 Å². The van der Waals surface area contributed by atoms with E-state index in [0.29, 0.717) is 13.2 Å². The molecule has 6 nitrogen and oxygen atoms in total. The van der Waals surface area contributed by atoms with Gasteiger partial charge in [-0.2, -0.15) is 0 Å². The van der Waals surface area contributed by atoms with Gasteiger partial charge in [0.25, 0.3) is 0 Å². The average molecular weight is 374 g/mol. The number of hydrogen-bond acceptors (Lipinski definition) is 6. The Morgan fingerprint density at radius 1 is 1.00 bits per heavy atom. The number of anilines is 1. The molecular formula is C22H22N4O2. The van der Waals surface area contributed by atoms with Crippen LogP contribution in [0.2, 0.25) is 0 Å². The molecule has 5 rings (SSSR count). The van der Waals surface area contributed by atoms with E-state index < -0.39 is 0 Å². The molecule has 1 aromatic heterocycles. The molecule has 0 unspecified atom stereocenters. The molecule has 0 aliphatic carbocycles. The van der Waals surface area contributed by atoms with E-state index in [0.717, 1.165) is 60.3 Å². The smallest absolute Gasteiger partial charge is 0.161 e. The number of nitrogen functional groups attached to an aromatic ring is 1. The lowest BCUT2D eigenvalue weighted by Crippen LogP contribution is -2.31. The highest BCUT2D eigenvalue weighted by molar-refractivity contribution is 5.58. The van der Waals surface area contributed by atoms with Crippen molar-refractivity contribution in [2.24, 2.45) is 0 Å². The molecule has 28 heavy (non-hydrogen) atoms. The lowest BCUT2D eigenvalue weighted by molar-refractivity contribution is 0.171. The zero-order valence-corrected chi connectivity index (χ0v) is 15.6. The van der Waals surface area contributed by atoms with Gasteiger partial charge in [0.2, 0.25) is 0 Å². The second-order valence-corrected chi connectivity index (χ2v) is 7.23. The third kappa shape index (κ3) is 3.39. The molecule has 0 saturated heterocycles. The fraction of sp³-hybridized carbons (Fsp3) is 0.273. The maximum absolute atomic E-state index is 5.79. The van der Waals surface area contributed by atoms with E-state index in [4.69, 9.17) is 20.2 Å². The van der Waals surface area contributed by atoms with Crippen molar-refractivity contribution in [3.8, 4) is 22.9 Å². The molecule has 0 bridgehead atoms. The van der Waals surface area contributed by atoms with Gasteiger partial charge in [-0.1, -0.05) is 6.07 Å². The van der Waals surface area contributed by atoms with Gasteiger partial charge in [-0.05, 0) is 53.9 Å². The van der Waals surface area contributed by atoms with Crippen molar-refractivity contribution in [3.63, 3.8) is 0 Å². The fourth-order valence-electron chi connectivity index (χ4n) is 3.71. The van der Waals surface area contributed by atoms with Crippen molar-refractivity contribution in [3.05, 3.63) is 65.5 Å². The van der Waals surface area contributed by atoms with E-state index in [2.05, 4.69) is 22.0 Å². The van der Waals surface area contributed by atoms with E-state index in [9.17, 15) is 0 Å². The Morgan fingerprint density at radius 2 is 1.82 bits per heavy atom. The molecule has 2 aliphatic rings. The molecule has 2 aromatic carbocycles. The molecule has 0 atom stereocenters.